The molecule has 17 heavy (non-hydrogen) atoms. The molecule has 3 nitrogen and oxygen atoms in total. The van der Waals surface area contributed by atoms with Crippen molar-refractivity contribution in [3.05, 3.63) is 47.0 Å². The van der Waals surface area contributed by atoms with E-state index in [0.29, 0.717) is 18.7 Å². The molecule has 0 radical (unpaired) electrons. The van der Waals surface area contributed by atoms with Gasteiger partial charge in [-0.1, -0.05) is 23.8 Å². The van der Waals surface area contributed by atoms with Crippen molar-refractivity contribution in [1.29, 1.82) is 0 Å². The molecule has 92 valence electrons. The smallest absolute Gasteiger partial charge is 0.251 e. The normalized spacial score (nSPS) is 9.82. The van der Waals surface area contributed by atoms with Gasteiger partial charge in [-0.05, 0) is 44.5 Å². The number of nitrogens with two attached hydrogens (primary N) is 1. The van der Waals surface area contributed by atoms with Gasteiger partial charge < -0.3 is 11.1 Å². The summed E-state index contributed by atoms with van der Waals surface area (Å²) in [5.74, 6) is -0.0400. The van der Waals surface area contributed by atoms with E-state index in [0.717, 1.165) is 12.0 Å². The summed E-state index contributed by atoms with van der Waals surface area (Å²) in [7, 11) is 0. The minimum Gasteiger partial charge on any atom is -0.349 e. The summed E-state index contributed by atoms with van der Waals surface area (Å²) in [4.78, 5) is 11.7. The van der Waals surface area contributed by atoms with Gasteiger partial charge in [0.1, 0.15) is 0 Å². The number of carbonyl (C=O) groups excluding carboxylic acids is 1. The van der Waals surface area contributed by atoms with Gasteiger partial charge in [-0.3, -0.25) is 4.79 Å². The van der Waals surface area contributed by atoms with Crippen LogP contribution >= 0.6 is 0 Å². The Morgan fingerprint density at radius 3 is 2.47 bits per heavy atom. The zero-order valence-corrected chi connectivity index (χ0v) is 10.5. The zero-order chi connectivity index (χ0) is 12.7. The molecule has 3 heteroatoms. The molecule has 0 fully saturated rings. The van der Waals surface area contributed by atoms with Crippen molar-refractivity contribution in [3.63, 3.8) is 0 Å². The van der Waals surface area contributed by atoms with Crippen molar-refractivity contribution in [1.82, 2.24) is 5.32 Å². The van der Waals surface area contributed by atoms with Gasteiger partial charge in [-0.15, -0.1) is 0 Å². The second kappa shape index (κ2) is 6.86. The average Bonchev–Trinajstić information content (AvgIpc) is 2.30. The highest BCUT2D eigenvalue weighted by Gasteiger charge is 2.03. The van der Waals surface area contributed by atoms with E-state index in [9.17, 15) is 4.79 Å². The number of benzene rings is 1. The first-order valence-electron chi connectivity index (χ1n) is 5.84. The van der Waals surface area contributed by atoms with Crippen LogP contribution in [-0.4, -0.2) is 19.0 Å². The Labute approximate surface area is 103 Å². The van der Waals surface area contributed by atoms with Gasteiger partial charge in [0.25, 0.3) is 5.91 Å². The van der Waals surface area contributed by atoms with Crippen LogP contribution in [0.4, 0.5) is 0 Å². The van der Waals surface area contributed by atoms with Crippen LogP contribution in [-0.2, 0) is 6.42 Å². The SMILES string of the molecule is CC(C)=CCNC(=O)c1ccc(CCN)cc1. The molecule has 0 heterocycles. The number of carbonyl (C=O) groups is 1. The lowest BCUT2D eigenvalue weighted by atomic mass is 10.1. The van der Waals surface area contributed by atoms with Crippen molar-refractivity contribution >= 4 is 5.91 Å². The molecule has 0 saturated heterocycles. The van der Waals surface area contributed by atoms with E-state index in [1.54, 1.807) is 0 Å². The summed E-state index contributed by atoms with van der Waals surface area (Å²) in [5.41, 5.74) is 8.51. The molecule has 0 aliphatic carbocycles. The van der Waals surface area contributed by atoms with Gasteiger partial charge in [-0.2, -0.15) is 0 Å². The molecule has 1 aromatic rings. The fourth-order valence-electron chi connectivity index (χ4n) is 1.44. The first kappa shape index (κ1) is 13.5. The van der Waals surface area contributed by atoms with E-state index < -0.39 is 0 Å². The summed E-state index contributed by atoms with van der Waals surface area (Å²) >= 11 is 0. The van der Waals surface area contributed by atoms with Gasteiger partial charge in [0, 0.05) is 12.1 Å². The molecule has 1 aromatic carbocycles. The lowest BCUT2D eigenvalue weighted by Gasteiger charge is -2.04. The first-order chi connectivity index (χ1) is 8.13. The Bertz CT molecular complexity index is 389. The number of amides is 1. The topological polar surface area (TPSA) is 55.1 Å². The van der Waals surface area contributed by atoms with Crippen LogP contribution < -0.4 is 11.1 Å². The third-order valence-corrected chi connectivity index (χ3v) is 2.42. The van der Waals surface area contributed by atoms with Crippen LogP contribution in [0.3, 0.4) is 0 Å². The van der Waals surface area contributed by atoms with Crippen molar-refractivity contribution < 1.29 is 4.79 Å². The first-order valence-corrected chi connectivity index (χ1v) is 5.84. The second-order valence-corrected chi connectivity index (χ2v) is 4.23. The van der Waals surface area contributed by atoms with Crippen LogP contribution in [0.2, 0.25) is 0 Å². The second-order valence-electron chi connectivity index (χ2n) is 4.23. The average molecular weight is 232 g/mol. The Morgan fingerprint density at radius 2 is 1.94 bits per heavy atom. The van der Waals surface area contributed by atoms with Crippen molar-refractivity contribution in [2.75, 3.05) is 13.1 Å². The van der Waals surface area contributed by atoms with Gasteiger partial charge in [-0.25, -0.2) is 0 Å². The lowest BCUT2D eigenvalue weighted by Crippen LogP contribution is -2.23. The summed E-state index contributed by atoms with van der Waals surface area (Å²) in [6.07, 6.45) is 2.83. The highest BCUT2D eigenvalue weighted by atomic mass is 16.1. The molecule has 0 atom stereocenters. The van der Waals surface area contributed by atoms with Gasteiger partial charge in [0.05, 0.1) is 0 Å². The molecular weight excluding hydrogens is 212 g/mol. The molecule has 1 rings (SSSR count). The largest absolute Gasteiger partial charge is 0.349 e. The molecule has 0 saturated carbocycles. The van der Waals surface area contributed by atoms with Crippen molar-refractivity contribution in [2.24, 2.45) is 5.73 Å². The molecule has 0 aliphatic rings. The van der Waals surface area contributed by atoms with Gasteiger partial charge in [0.15, 0.2) is 0 Å². The minimum absolute atomic E-state index is 0.0400. The molecule has 0 aliphatic heterocycles. The number of hydrogen-bond acceptors (Lipinski definition) is 2. The van der Waals surface area contributed by atoms with Gasteiger partial charge >= 0.3 is 0 Å². The molecule has 0 unspecified atom stereocenters. The number of rotatable bonds is 5. The van der Waals surface area contributed by atoms with E-state index in [4.69, 9.17) is 5.73 Å². The fourth-order valence-corrected chi connectivity index (χ4v) is 1.44. The maximum absolute atomic E-state index is 11.7. The van der Waals surface area contributed by atoms with Gasteiger partial charge in [0.2, 0.25) is 0 Å². The van der Waals surface area contributed by atoms with Crippen molar-refractivity contribution in [3.8, 4) is 0 Å². The molecule has 0 spiro atoms. The molecule has 3 N–H and O–H groups in total. The quantitative estimate of drug-likeness (QED) is 0.762. The summed E-state index contributed by atoms with van der Waals surface area (Å²) in [5, 5.41) is 2.84. The monoisotopic (exact) mass is 232 g/mol. The summed E-state index contributed by atoms with van der Waals surface area (Å²) in [6, 6.07) is 7.57. The number of hydrogen-bond donors (Lipinski definition) is 2. The Hall–Kier alpha value is -1.61. The number of allylic oxidation sites excluding steroid dienone is 1. The Morgan fingerprint density at radius 1 is 1.29 bits per heavy atom. The molecule has 0 aromatic heterocycles. The van der Waals surface area contributed by atoms with Crippen LogP contribution in [0, 0.1) is 0 Å². The summed E-state index contributed by atoms with van der Waals surface area (Å²) < 4.78 is 0. The maximum atomic E-state index is 11.7. The van der Waals surface area contributed by atoms with Crippen LogP contribution in [0.15, 0.2) is 35.9 Å². The highest BCUT2D eigenvalue weighted by Crippen LogP contribution is 2.04. The standard InChI is InChI=1S/C14H20N2O/c1-11(2)8-10-16-14(17)13-5-3-12(4-6-13)7-9-15/h3-6,8H,7,9-10,15H2,1-2H3,(H,16,17). The predicted octanol–water partition coefficient (Wildman–Crippen LogP) is 1.88. The molecule has 0 bridgehead atoms. The molecular formula is C14H20N2O. The zero-order valence-electron chi connectivity index (χ0n) is 10.5. The van der Waals surface area contributed by atoms with Crippen LogP contribution in [0.5, 0.6) is 0 Å². The number of nitrogens with one attached hydrogen (secondary N) is 1. The third-order valence-electron chi connectivity index (χ3n) is 2.42. The Kier molecular flexibility index (Phi) is 5.43. The minimum atomic E-state index is -0.0400. The Balaban J connectivity index is 2.54. The third kappa shape index (κ3) is 4.83. The van der Waals surface area contributed by atoms with E-state index in [2.05, 4.69) is 5.32 Å². The summed E-state index contributed by atoms with van der Waals surface area (Å²) in [6.45, 7) is 5.22. The lowest BCUT2D eigenvalue weighted by molar-refractivity contribution is 0.0958. The van der Waals surface area contributed by atoms with Crippen LogP contribution in [0.1, 0.15) is 29.8 Å². The highest BCUT2D eigenvalue weighted by molar-refractivity contribution is 5.94. The van der Waals surface area contributed by atoms with E-state index in [1.807, 2.05) is 44.2 Å². The molecule has 1 amide bonds. The maximum Gasteiger partial charge on any atom is 0.251 e. The predicted molar refractivity (Wildman–Crippen MR) is 71.0 cm³/mol. The van der Waals surface area contributed by atoms with Crippen molar-refractivity contribution in [2.45, 2.75) is 20.3 Å². The van der Waals surface area contributed by atoms with E-state index in [1.165, 1.54) is 5.57 Å². The van der Waals surface area contributed by atoms with E-state index in [-0.39, 0.29) is 5.91 Å². The van der Waals surface area contributed by atoms with Crippen LogP contribution in [0.25, 0.3) is 0 Å². The fraction of sp³-hybridized carbons (Fsp3) is 0.357. The van der Waals surface area contributed by atoms with E-state index >= 15 is 0 Å².